The molecule has 0 atom stereocenters. The molecule has 0 unspecified atom stereocenters. The molecule has 1 aliphatic heterocycles. The Morgan fingerprint density at radius 2 is 1.57 bits per heavy atom. The van der Waals surface area contributed by atoms with E-state index in [9.17, 15) is 21.6 Å². The van der Waals surface area contributed by atoms with E-state index >= 15 is 0 Å². The Morgan fingerprint density at radius 1 is 0.870 bits per heavy atom. The van der Waals surface area contributed by atoms with Gasteiger partial charge in [0.2, 0.25) is 0 Å². The molecule has 2 heterocycles. The molecule has 0 radical (unpaired) electrons. The summed E-state index contributed by atoms with van der Waals surface area (Å²) in [7, 11) is -7.81. The summed E-state index contributed by atoms with van der Waals surface area (Å²) in [6.07, 6.45) is 6.19. The number of anilines is 1. The van der Waals surface area contributed by atoms with E-state index in [2.05, 4.69) is 45.5 Å². The molecule has 1 aliphatic carbocycles. The van der Waals surface area contributed by atoms with Gasteiger partial charge in [-0.25, -0.2) is 21.6 Å². The summed E-state index contributed by atoms with van der Waals surface area (Å²) in [4.78, 5) is 23.0. The first-order valence-electron chi connectivity index (χ1n) is 17.8. The van der Waals surface area contributed by atoms with Gasteiger partial charge in [0, 0.05) is 76.6 Å². The maximum absolute atomic E-state index is 13.7. The molecule has 4 aromatic carbocycles. The van der Waals surface area contributed by atoms with Gasteiger partial charge >= 0.3 is 0 Å². The van der Waals surface area contributed by atoms with Crippen molar-refractivity contribution >= 4 is 71.3 Å². The predicted molar refractivity (Wildman–Crippen MR) is 218 cm³/mol. The van der Waals surface area contributed by atoms with Crippen LogP contribution in [0.5, 0.6) is 0 Å². The maximum atomic E-state index is 13.7. The molecule has 7 rings (SSSR count). The van der Waals surface area contributed by atoms with Gasteiger partial charge in [0.1, 0.15) is 0 Å². The Hall–Kier alpha value is -4.07. The molecular weight excluding hydrogens is 760 g/mol. The van der Waals surface area contributed by atoms with Crippen LogP contribution in [0.4, 0.5) is 5.69 Å². The summed E-state index contributed by atoms with van der Waals surface area (Å²) in [6, 6.07) is 26.5. The van der Waals surface area contributed by atoms with Crippen LogP contribution >= 0.6 is 23.4 Å². The number of piperazine rings is 1. The lowest BCUT2D eigenvalue weighted by atomic mass is 9.72. The van der Waals surface area contributed by atoms with Crippen molar-refractivity contribution in [2.75, 3.05) is 43.9 Å². The van der Waals surface area contributed by atoms with Crippen molar-refractivity contribution in [1.29, 1.82) is 0 Å². The molecule has 54 heavy (non-hydrogen) atoms. The third-order valence-corrected chi connectivity index (χ3v) is 14.1. The number of allylic oxidation sites excluding steroid dienone is 1. The monoisotopic (exact) mass is 802 g/mol. The van der Waals surface area contributed by atoms with Crippen molar-refractivity contribution in [2.24, 2.45) is 5.41 Å². The molecule has 1 fully saturated rings. The number of sulfone groups is 1. The second-order valence-electron chi connectivity index (χ2n) is 14.9. The zero-order valence-corrected chi connectivity index (χ0v) is 33.6. The van der Waals surface area contributed by atoms with Crippen molar-refractivity contribution in [2.45, 2.75) is 52.7 Å². The van der Waals surface area contributed by atoms with Crippen LogP contribution in [0, 0.1) is 5.41 Å². The van der Waals surface area contributed by atoms with Crippen molar-refractivity contribution in [1.82, 2.24) is 14.6 Å². The van der Waals surface area contributed by atoms with Gasteiger partial charge in [0.15, 0.2) is 9.84 Å². The van der Waals surface area contributed by atoms with Crippen molar-refractivity contribution in [3.05, 3.63) is 119 Å². The number of aromatic nitrogens is 1. The Morgan fingerprint density at radius 3 is 2.28 bits per heavy atom. The second kappa shape index (κ2) is 15.2. The van der Waals surface area contributed by atoms with Crippen LogP contribution in [0.25, 0.3) is 16.5 Å². The predicted octanol–water partition coefficient (Wildman–Crippen LogP) is 8.28. The number of carbonyl (C=O) groups is 1. The number of halogens is 1. The Labute approximate surface area is 326 Å². The zero-order chi connectivity index (χ0) is 38.3. The lowest BCUT2D eigenvalue weighted by Gasteiger charge is -2.39. The number of benzene rings is 4. The number of H-pyrrole nitrogens is 1. The van der Waals surface area contributed by atoms with Crippen molar-refractivity contribution in [3.63, 3.8) is 0 Å². The standard InChI is InChI=1S/C41H43ClN4O5S3/c1-41(2)18-16-30(37(26-41)28-4-6-31(42)7-5-28)27-45-20-22-46(23-21-45)32-8-14-36(39(25-32)52-33-9-15-38-29(24-33)17-19-43-38)40(47)44-54(50,51)35-12-10-34(11-13-35)53(3,48)49/h4-15,17,19,24-25,43H,16,18,20-23,26-27H2,1-3H3,(H,44,47). The largest absolute Gasteiger partial charge is 0.369 e. The third kappa shape index (κ3) is 8.74. The van der Waals surface area contributed by atoms with Crippen LogP contribution in [0.1, 0.15) is 49.0 Å². The minimum Gasteiger partial charge on any atom is -0.369 e. The SMILES string of the molecule is CC1(C)CCC(CN2CCN(c3ccc(C(=O)NS(=O)(=O)c4ccc(S(C)(=O)=O)cc4)c(Sc4ccc5[nH]ccc5c4)c3)CC2)=C(c2ccc(Cl)cc2)C1. The number of nitrogens with one attached hydrogen (secondary N) is 2. The highest BCUT2D eigenvalue weighted by molar-refractivity contribution is 7.99. The fourth-order valence-corrected chi connectivity index (χ4v) is 9.95. The summed E-state index contributed by atoms with van der Waals surface area (Å²) < 4.78 is 52.6. The number of nitrogens with zero attached hydrogens (tertiary/aromatic N) is 2. The highest BCUT2D eigenvalue weighted by Crippen LogP contribution is 2.43. The van der Waals surface area contributed by atoms with Gasteiger partial charge in [-0.2, -0.15) is 0 Å². The van der Waals surface area contributed by atoms with Gasteiger partial charge in [-0.3, -0.25) is 9.69 Å². The number of rotatable bonds is 10. The highest BCUT2D eigenvalue weighted by atomic mass is 35.5. The normalized spacial score (nSPS) is 16.9. The molecule has 282 valence electrons. The minimum atomic E-state index is -4.29. The number of fused-ring (bicyclic) bond motifs is 1. The smallest absolute Gasteiger partial charge is 0.266 e. The third-order valence-electron chi connectivity index (χ3n) is 10.3. The quantitative estimate of drug-likeness (QED) is 0.145. The molecule has 2 N–H and O–H groups in total. The van der Waals surface area contributed by atoms with Crippen LogP contribution in [0.15, 0.2) is 122 Å². The van der Waals surface area contributed by atoms with E-state index in [0.29, 0.717) is 4.90 Å². The number of aromatic amines is 1. The fraction of sp³-hybridized carbons (Fsp3) is 0.293. The molecule has 9 nitrogen and oxygen atoms in total. The number of sulfonamides is 1. The Kier molecular flexibility index (Phi) is 10.8. The first-order chi connectivity index (χ1) is 25.6. The van der Waals surface area contributed by atoms with Crippen LogP contribution in [-0.4, -0.2) is 71.6 Å². The molecule has 0 spiro atoms. The molecule has 0 bridgehead atoms. The van der Waals surface area contributed by atoms with E-state index in [4.69, 9.17) is 11.6 Å². The first-order valence-corrected chi connectivity index (χ1v) is 22.4. The zero-order valence-electron chi connectivity index (χ0n) is 30.4. The lowest BCUT2D eigenvalue weighted by molar-refractivity contribution is 0.0978. The molecule has 1 aromatic heterocycles. The van der Waals surface area contributed by atoms with E-state index in [1.807, 2.05) is 54.7 Å². The van der Waals surface area contributed by atoms with Crippen LogP contribution in [0.3, 0.4) is 0 Å². The van der Waals surface area contributed by atoms with Gasteiger partial charge in [-0.05, 0) is 115 Å². The van der Waals surface area contributed by atoms with E-state index in [1.54, 1.807) is 6.07 Å². The Bertz CT molecular complexity index is 2450. The number of carbonyl (C=O) groups excluding carboxylic acids is 1. The van der Waals surface area contributed by atoms with Crippen molar-refractivity contribution in [3.8, 4) is 0 Å². The van der Waals surface area contributed by atoms with E-state index < -0.39 is 25.8 Å². The minimum absolute atomic E-state index is 0.0138. The number of hydrogen-bond donors (Lipinski definition) is 2. The molecule has 0 saturated carbocycles. The summed E-state index contributed by atoms with van der Waals surface area (Å²) in [5.74, 6) is -0.774. The van der Waals surface area contributed by atoms with Gasteiger partial charge in [-0.15, -0.1) is 0 Å². The number of hydrogen-bond acceptors (Lipinski definition) is 8. The van der Waals surface area contributed by atoms with E-state index in [0.717, 1.165) is 84.8 Å². The van der Waals surface area contributed by atoms with Crippen LogP contribution in [0.2, 0.25) is 5.02 Å². The summed E-state index contributed by atoms with van der Waals surface area (Å²) in [5, 5.41) is 1.77. The topological polar surface area (TPSA) is 120 Å². The molecule has 2 aliphatic rings. The van der Waals surface area contributed by atoms with E-state index in [1.165, 1.54) is 52.7 Å². The van der Waals surface area contributed by atoms with Gasteiger partial charge in [0.05, 0.1) is 15.4 Å². The molecule has 13 heteroatoms. The second-order valence-corrected chi connectivity index (χ2v) is 20.1. The molecule has 1 amide bonds. The summed E-state index contributed by atoms with van der Waals surface area (Å²) in [5.41, 5.74) is 6.60. The molecular formula is C41H43ClN4O5S3. The van der Waals surface area contributed by atoms with Gasteiger partial charge in [0.25, 0.3) is 15.9 Å². The fourth-order valence-electron chi connectivity index (χ4n) is 7.20. The lowest BCUT2D eigenvalue weighted by Crippen LogP contribution is -2.47. The maximum Gasteiger partial charge on any atom is 0.266 e. The highest BCUT2D eigenvalue weighted by Gasteiger charge is 2.30. The van der Waals surface area contributed by atoms with Crippen molar-refractivity contribution < 1.29 is 21.6 Å². The molecule has 1 saturated heterocycles. The average Bonchev–Trinajstić information content (AvgIpc) is 3.61. The van der Waals surface area contributed by atoms with Gasteiger partial charge in [-0.1, -0.05) is 54.9 Å². The molecule has 5 aromatic rings. The van der Waals surface area contributed by atoms with Crippen LogP contribution < -0.4 is 9.62 Å². The van der Waals surface area contributed by atoms with Crippen LogP contribution in [-0.2, 0) is 19.9 Å². The average molecular weight is 803 g/mol. The first kappa shape index (κ1) is 38.2. The number of amides is 1. The van der Waals surface area contributed by atoms with Gasteiger partial charge < -0.3 is 9.88 Å². The summed E-state index contributed by atoms with van der Waals surface area (Å²) >= 11 is 7.63. The van der Waals surface area contributed by atoms with E-state index in [-0.39, 0.29) is 20.8 Å². The summed E-state index contributed by atoms with van der Waals surface area (Å²) in [6.45, 7) is 8.99. The Balaban J connectivity index is 1.11.